The van der Waals surface area contributed by atoms with Crippen molar-refractivity contribution in [2.45, 2.75) is 24.8 Å². The lowest BCUT2D eigenvalue weighted by molar-refractivity contribution is 0.310. The first-order valence-corrected chi connectivity index (χ1v) is 5.84. The first-order chi connectivity index (χ1) is 7.32. The summed E-state index contributed by atoms with van der Waals surface area (Å²) in [5, 5.41) is 3.46. The third-order valence-electron chi connectivity index (χ3n) is 4.12. The fourth-order valence-electron chi connectivity index (χ4n) is 3.12. The highest BCUT2D eigenvalue weighted by Crippen LogP contribution is 2.41. The molecule has 0 amide bonds. The first-order valence-electron chi connectivity index (χ1n) is 5.84. The van der Waals surface area contributed by atoms with Gasteiger partial charge in [-0.1, -0.05) is 18.2 Å². The maximum Gasteiger partial charge on any atom is 0.0464 e. The van der Waals surface area contributed by atoms with E-state index in [1.807, 2.05) is 0 Å². The van der Waals surface area contributed by atoms with Crippen LogP contribution in [0, 0.1) is 0 Å². The Kier molecular flexibility index (Phi) is 1.99. The average molecular weight is 202 g/mol. The van der Waals surface area contributed by atoms with Gasteiger partial charge in [0, 0.05) is 18.3 Å². The minimum Gasteiger partial charge on any atom is -0.368 e. The van der Waals surface area contributed by atoms with Crippen molar-refractivity contribution in [2.75, 3.05) is 25.0 Å². The number of nitrogens with one attached hydrogen (secondary N) is 1. The molecule has 2 aliphatic rings. The van der Waals surface area contributed by atoms with E-state index >= 15 is 0 Å². The molecule has 15 heavy (non-hydrogen) atoms. The monoisotopic (exact) mass is 202 g/mol. The van der Waals surface area contributed by atoms with Gasteiger partial charge in [-0.05, 0) is 44.0 Å². The Hall–Kier alpha value is -1.02. The van der Waals surface area contributed by atoms with Crippen LogP contribution in [0.4, 0.5) is 5.69 Å². The van der Waals surface area contributed by atoms with Gasteiger partial charge in [-0.3, -0.25) is 0 Å². The van der Waals surface area contributed by atoms with Gasteiger partial charge in [0.2, 0.25) is 0 Å². The zero-order valence-electron chi connectivity index (χ0n) is 9.29. The molecular formula is C13H18N2. The largest absolute Gasteiger partial charge is 0.368 e. The van der Waals surface area contributed by atoms with Gasteiger partial charge in [-0.15, -0.1) is 0 Å². The molecule has 2 heteroatoms. The molecule has 80 valence electrons. The number of rotatable bonds is 0. The SMILES string of the molecule is CN1c2ccccc2CC12CCNCC2. The van der Waals surface area contributed by atoms with Crippen LogP contribution < -0.4 is 10.2 Å². The third kappa shape index (κ3) is 1.28. The van der Waals surface area contributed by atoms with E-state index in [1.165, 1.54) is 43.6 Å². The van der Waals surface area contributed by atoms with Gasteiger partial charge in [0.15, 0.2) is 0 Å². The van der Waals surface area contributed by atoms with Gasteiger partial charge in [0.05, 0.1) is 0 Å². The summed E-state index contributed by atoms with van der Waals surface area (Å²) in [5.41, 5.74) is 3.39. The molecule has 2 aliphatic heterocycles. The van der Waals surface area contributed by atoms with Crippen LogP contribution in [0.1, 0.15) is 18.4 Å². The zero-order chi connectivity index (χ0) is 10.3. The number of piperidine rings is 1. The molecule has 3 rings (SSSR count). The summed E-state index contributed by atoms with van der Waals surface area (Å²) in [6.07, 6.45) is 3.79. The molecule has 0 bridgehead atoms. The number of hydrogen-bond donors (Lipinski definition) is 1. The van der Waals surface area contributed by atoms with Gasteiger partial charge in [-0.2, -0.15) is 0 Å². The van der Waals surface area contributed by atoms with Gasteiger partial charge < -0.3 is 10.2 Å². The van der Waals surface area contributed by atoms with Crippen molar-refractivity contribution in [3.05, 3.63) is 29.8 Å². The Bertz CT molecular complexity index is 367. The molecule has 1 N–H and O–H groups in total. The van der Waals surface area contributed by atoms with Crippen LogP contribution >= 0.6 is 0 Å². The molecule has 0 aliphatic carbocycles. The molecule has 1 aromatic carbocycles. The van der Waals surface area contributed by atoms with Crippen molar-refractivity contribution in [1.29, 1.82) is 0 Å². The van der Waals surface area contributed by atoms with Crippen LogP contribution in [0.2, 0.25) is 0 Å². The summed E-state index contributed by atoms with van der Waals surface area (Å²) in [6.45, 7) is 2.33. The maximum absolute atomic E-state index is 3.46. The number of hydrogen-bond acceptors (Lipinski definition) is 2. The van der Waals surface area contributed by atoms with Gasteiger partial charge in [0.25, 0.3) is 0 Å². The molecule has 2 heterocycles. The molecule has 2 nitrogen and oxygen atoms in total. The molecule has 0 atom stereocenters. The second kappa shape index (κ2) is 3.24. The van der Waals surface area contributed by atoms with Crippen molar-refractivity contribution in [1.82, 2.24) is 5.32 Å². The molecule has 0 radical (unpaired) electrons. The Morgan fingerprint density at radius 1 is 1.20 bits per heavy atom. The lowest BCUT2D eigenvalue weighted by Crippen LogP contribution is -2.51. The Morgan fingerprint density at radius 3 is 2.67 bits per heavy atom. The predicted molar refractivity (Wildman–Crippen MR) is 63.4 cm³/mol. The Balaban J connectivity index is 1.98. The number of anilines is 1. The van der Waals surface area contributed by atoms with Crippen LogP contribution in [-0.2, 0) is 6.42 Å². The summed E-state index contributed by atoms with van der Waals surface area (Å²) in [7, 11) is 2.26. The quantitative estimate of drug-likeness (QED) is 0.690. The average Bonchev–Trinajstić information content (AvgIpc) is 2.54. The minimum absolute atomic E-state index is 0.412. The second-order valence-electron chi connectivity index (χ2n) is 4.84. The second-order valence-corrected chi connectivity index (χ2v) is 4.84. The van der Waals surface area contributed by atoms with Gasteiger partial charge >= 0.3 is 0 Å². The fraction of sp³-hybridized carbons (Fsp3) is 0.538. The van der Waals surface area contributed by atoms with Crippen molar-refractivity contribution >= 4 is 5.69 Å². The van der Waals surface area contributed by atoms with E-state index in [2.05, 4.69) is 41.5 Å². The minimum atomic E-state index is 0.412. The van der Waals surface area contributed by atoms with Crippen molar-refractivity contribution < 1.29 is 0 Å². The smallest absolute Gasteiger partial charge is 0.0464 e. The normalized spacial score (nSPS) is 23.1. The van der Waals surface area contributed by atoms with Crippen LogP contribution in [-0.4, -0.2) is 25.7 Å². The Labute approximate surface area is 91.3 Å². The van der Waals surface area contributed by atoms with Crippen LogP contribution in [0.3, 0.4) is 0 Å². The van der Waals surface area contributed by atoms with Crippen LogP contribution in [0.25, 0.3) is 0 Å². The van der Waals surface area contributed by atoms with Crippen molar-refractivity contribution in [2.24, 2.45) is 0 Å². The number of nitrogens with zero attached hydrogens (tertiary/aromatic N) is 1. The highest BCUT2D eigenvalue weighted by molar-refractivity contribution is 5.61. The number of likely N-dealkylation sites (N-methyl/N-ethyl adjacent to an activating group) is 1. The van der Waals surface area contributed by atoms with E-state index in [-0.39, 0.29) is 0 Å². The molecule has 1 spiro atoms. The van der Waals surface area contributed by atoms with E-state index in [9.17, 15) is 0 Å². The van der Waals surface area contributed by atoms with E-state index < -0.39 is 0 Å². The molecule has 1 fully saturated rings. The topological polar surface area (TPSA) is 15.3 Å². The van der Waals surface area contributed by atoms with Crippen molar-refractivity contribution in [3.8, 4) is 0 Å². The van der Waals surface area contributed by atoms with Crippen LogP contribution in [0.5, 0.6) is 0 Å². The first kappa shape index (κ1) is 9.22. The van der Waals surface area contributed by atoms with E-state index in [1.54, 1.807) is 0 Å². The molecule has 0 aromatic heterocycles. The summed E-state index contributed by atoms with van der Waals surface area (Å²) >= 11 is 0. The highest BCUT2D eigenvalue weighted by atomic mass is 15.2. The molecule has 1 saturated heterocycles. The lowest BCUT2D eigenvalue weighted by Gasteiger charge is -2.41. The summed E-state index contributed by atoms with van der Waals surface area (Å²) in [4.78, 5) is 2.52. The number of fused-ring (bicyclic) bond motifs is 1. The van der Waals surface area contributed by atoms with Gasteiger partial charge in [0.1, 0.15) is 0 Å². The maximum atomic E-state index is 3.46. The Morgan fingerprint density at radius 2 is 1.93 bits per heavy atom. The van der Waals surface area contributed by atoms with E-state index in [0.29, 0.717) is 5.54 Å². The van der Waals surface area contributed by atoms with Crippen molar-refractivity contribution in [3.63, 3.8) is 0 Å². The standard InChI is InChI=1S/C13H18N2/c1-15-12-5-3-2-4-11(12)10-13(15)6-8-14-9-7-13/h2-5,14H,6-10H2,1H3. The highest BCUT2D eigenvalue weighted by Gasteiger charge is 2.41. The molecule has 0 saturated carbocycles. The zero-order valence-corrected chi connectivity index (χ0v) is 9.29. The van der Waals surface area contributed by atoms with Crippen LogP contribution in [0.15, 0.2) is 24.3 Å². The molecular weight excluding hydrogens is 184 g/mol. The lowest BCUT2D eigenvalue weighted by atomic mass is 9.85. The van der Waals surface area contributed by atoms with E-state index in [4.69, 9.17) is 0 Å². The van der Waals surface area contributed by atoms with E-state index in [0.717, 1.165) is 0 Å². The summed E-state index contributed by atoms with van der Waals surface area (Å²) < 4.78 is 0. The molecule has 1 aromatic rings. The number of benzene rings is 1. The summed E-state index contributed by atoms with van der Waals surface area (Å²) in [6, 6.07) is 8.84. The number of para-hydroxylation sites is 1. The molecule has 0 unspecified atom stereocenters. The fourth-order valence-corrected chi connectivity index (χ4v) is 3.12. The third-order valence-corrected chi connectivity index (χ3v) is 4.12. The van der Waals surface area contributed by atoms with Gasteiger partial charge in [-0.25, -0.2) is 0 Å². The summed E-state index contributed by atoms with van der Waals surface area (Å²) in [5.74, 6) is 0. The predicted octanol–water partition coefficient (Wildman–Crippen LogP) is 1.80.